The minimum Gasteiger partial charge on any atom is -0.379 e. The number of halogens is 9. The molecule has 17 heteroatoms. The van der Waals surface area contributed by atoms with Crippen molar-refractivity contribution in [3.05, 3.63) is 24.3 Å². The summed E-state index contributed by atoms with van der Waals surface area (Å²) in [4.78, 5) is 11.3. The molecule has 0 unspecified atom stereocenters. The molecule has 2 saturated heterocycles. The predicted octanol–water partition coefficient (Wildman–Crippen LogP) is 2.84. The second-order valence-electron chi connectivity index (χ2n) is 6.93. The van der Waals surface area contributed by atoms with E-state index in [1.165, 1.54) is 5.32 Å². The summed E-state index contributed by atoms with van der Waals surface area (Å²) in [6, 6.07) is 3.02. The average Bonchev–Trinajstić information content (AvgIpc) is 2.83. The van der Waals surface area contributed by atoms with Crippen molar-refractivity contribution < 1.29 is 62.2 Å². The molecule has 2 heterocycles. The summed E-state index contributed by atoms with van der Waals surface area (Å²) < 4.78 is 155. The SMILES string of the molecule is O=C(Nc1ccc(S(=O)(=O)N2CCOCC2)cc1)C(F)(F)[C@]1(F)OC(F)(F)C(F)(F)C1(F)F. The van der Waals surface area contributed by atoms with Gasteiger partial charge in [-0.15, -0.1) is 0 Å². The number of amides is 1. The number of benzene rings is 1. The van der Waals surface area contributed by atoms with E-state index in [1.807, 2.05) is 0 Å². The molecule has 1 N–H and O–H groups in total. The van der Waals surface area contributed by atoms with Gasteiger partial charge in [0.15, 0.2) is 0 Å². The van der Waals surface area contributed by atoms with Crippen molar-refractivity contribution in [1.82, 2.24) is 4.31 Å². The van der Waals surface area contributed by atoms with Gasteiger partial charge in [-0.25, -0.2) is 8.42 Å². The number of anilines is 1. The van der Waals surface area contributed by atoms with Crippen LogP contribution in [0.15, 0.2) is 29.2 Å². The highest BCUT2D eigenvalue weighted by atomic mass is 32.2. The first-order valence-electron chi connectivity index (χ1n) is 8.81. The third-order valence-corrected chi connectivity index (χ3v) is 6.75. The molecule has 0 aliphatic carbocycles. The topological polar surface area (TPSA) is 84.9 Å². The number of carbonyl (C=O) groups excluding carboxylic acids is 1. The lowest BCUT2D eigenvalue weighted by molar-refractivity contribution is -0.366. The van der Waals surface area contributed by atoms with E-state index in [2.05, 4.69) is 4.74 Å². The first-order chi connectivity index (χ1) is 14.9. The van der Waals surface area contributed by atoms with Crippen LogP contribution in [0.4, 0.5) is 45.2 Å². The van der Waals surface area contributed by atoms with Crippen molar-refractivity contribution in [3.63, 3.8) is 0 Å². The van der Waals surface area contributed by atoms with Crippen LogP contribution in [-0.2, 0) is 24.3 Å². The predicted molar refractivity (Wildman–Crippen MR) is 89.4 cm³/mol. The fourth-order valence-electron chi connectivity index (χ4n) is 2.95. The van der Waals surface area contributed by atoms with Crippen molar-refractivity contribution in [2.45, 2.75) is 34.6 Å². The zero-order valence-corrected chi connectivity index (χ0v) is 16.8. The lowest BCUT2D eigenvalue weighted by Gasteiger charge is -2.31. The Labute approximate surface area is 179 Å². The maximum Gasteiger partial charge on any atom is 0.428 e. The maximum absolute atomic E-state index is 14.2. The number of nitrogens with zero attached hydrogens (tertiary/aromatic N) is 1. The maximum atomic E-state index is 14.2. The molecule has 1 aromatic rings. The summed E-state index contributed by atoms with van der Waals surface area (Å²) >= 11 is 0. The molecular weight excluding hydrogens is 503 g/mol. The van der Waals surface area contributed by atoms with Gasteiger partial charge in [0.2, 0.25) is 10.0 Å². The molecule has 0 radical (unpaired) electrons. The lowest BCUT2D eigenvalue weighted by Crippen LogP contribution is -2.63. The normalized spacial score (nSPS) is 27.3. The number of hydrogen-bond donors (Lipinski definition) is 1. The smallest absolute Gasteiger partial charge is 0.379 e. The second kappa shape index (κ2) is 7.71. The van der Waals surface area contributed by atoms with Crippen LogP contribution in [0.3, 0.4) is 0 Å². The Morgan fingerprint density at radius 3 is 1.91 bits per heavy atom. The summed E-state index contributed by atoms with van der Waals surface area (Å²) in [5, 5.41) is 1.17. The molecule has 33 heavy (non-hydrogen) atoms. The minimum absolute atomic E-state index is 0.00903. The molecule has 1 atom stereocenters. The van der Waals surface area contributed by atoms with Gasteiger partial charge >= 0.3 is 35.6 Å². The summed E-state index contributed by atoms with van der Waals surface area (Å²) in [6.07, 6.45) is -6.36. The average molecular weight is 516 g/mol. The standard InChI is InChI=1S/C16H13F9N2O5S/c17-12(18,15(23)13(19,20)14(21,22)16(24,25)32-15)11(28)26-9-1-3-10(4-2-9)33(29,30)27-5-7-31-8-6-27/h1-4H,5-8H2,(H,26,28)/t15-/m0/s1. The Morgan fingerprint density at radius 2 is 1.45 bits per heavy atom. The molecule has 1 aromatic carbocycles. The lowest BCUT2D eigenvalue weighted by atomic mass is 9.99. The van der Waals surface area contributed by atoms with Crippen molar-refractivity contribution in [3.8, 4) is 0 Å². The van der Waals surface area contributed by atoms with E-state index in [4.69, 9.17) is 4.74 Å². The van der Waals surface area contributed by atoms with Crippen LogP contribution >= 0.6 is 0 Å². The fourth-order valence-corrected chi connectivity index (χ4v) is 4.36. The van der Waals surface area contributed by atoms with E-state index in [0.717, 1.165) is 16.4 Å². The molecule has 1 amide bonds. The van der Waals surface area contributed by atoms with Gasteiger partial charge < -0.3 is 10.1 Å². The second-order valence-corrected chi connectivity index (χ2v) is 8.87. The van der Waals surface area contributed by atoms with Gasteiger partial charge in [-0.1, -0.05) is 0 Å². The van der Waals surface area contributed by atoms with Gasteiger partial charge in [0.05, 0.1) is 18.1 Å². The molecular formula is C16H13F9N2O5S. The van der Waals surface area contributed by atoms with Gasteiger partial charge in [-0.05, 0) is 24.3 Å². The Balaban J connectivity index is 1.82. The number of sulfonamides is 1. The largest absolute Gasteiger partial charge is 0.428 e. The van der Waals surface area contributed by atoms with Gasteiger partial charge in [-0.3, -0.25) is 9.53 Å². The van der Waals surface area contributed by atoms with E-state index in [9.17, 15) is 52.7 Å². The Morgan fingerprint density at radius 1 is 0.939 bits per heavy atom. The van der Waals surface area contributed by atoms with E-state index in [-0.39, 0.29) is 31.2 Å². The fraction of sp³-hybridized carbons (Fsp3) is 0.562. The van der Waals surface area contributed by atoms with Crippen molar-refractivity contribution in [2.75, 3.05) is 31.6 Å². The highest BCUT2D eigenvalue weighted by molar-refractivity contribution is 7.89. The van der Waals surface area contributed by atoms with E-state index in [0.29, 0.717) is 12.1 Å². The molecule has 2 aliphatic rings. The highest BCUT2D eigenvalue weighted by Crippen LogP contribution is 2.64. The van der Waals surface area contributed by atoms with Crippen molar-refractivity contribution >= 4 is 21.6 Å². The number of nitrogens with one attached hydrogen (secondary N) is 1. The first-order valence-corrected chi connectivity index (χ1v) is 10.3. The number of carbonyl (C=O) groups is 1. The van der Waals surface area contributed by atoms with Crippen LogP contribution in [0.1, 0.15) is 0 Å². The first kappa shape index (κ1) is 25.5. The molecule has 3 rings (SSSR count). The molecule has 0 spiro atoms. The van der Waals surface area contributed by atoms with Crippen LogP contribution < -0.4 is 5.32 Å². The zero-order chi connectivity index (χ0) is 25.1. The zero-order valence-electron chi connectivity index (χ0n) is 15.9. The van der Waals surface area contributed by atoms with Crippen LogP contribution in [0.25, 0.3) is 0 Å². The summed E-state index contributed by atoms with van der Waals surface area (Å²) in [6.45, 7) is 0.237. The highest BCUT2D eigenvalue weighted by Gasteiger charge is 2.96. The third kappa shape index (κ3) is 3.64. The Kier molecular flexibility index (Phi) is 5.96. The summed E-state index contributed by atoms with van der Waals surface area (Å²) in [5.74, 6) is -29.2. The van der Waals surface area contributed by atoms with Crippen LogP contribution in [-0.4, -0.2) is 74.7 Å². The number of rotatable bonds is 5. The number of morpholine rings is 1. The molecule has 7 nitrogen and oxygen atoms in total. The number of hydrogen-bond acceptors (Lipinski definition) is 5. The van der Waals surface area contributed by atoms with Crippen LogP contribution in [0.5, 0.6) is 0 Å². The van der Waals surface area contributed by atoms with Crippen LogP contribution in [0, 0.1) is 0 Å². The number of alkyl halides is 9. The molecule has 0 aromatic heterocycles. The molecule has 0 saturated carbocycles. The van der Waals surface area contributed by atoms with Crippen molar-refractivity contribution in [2.24, 2.45) is 0 Å². The van der Waals surface area contributed by atoms with Gasteiger partial charge in [0, 0.05) is 18.8 Å². The third-order valence-electron chi connectivity index (χ3n) is 4.84. The quantitative estimate of drug-likeness (QED) is 0.609. The summed E-state index contributed by atoms with van der Waals surface area (Å²) in [5.41, 5.74) is -0.718. The Bertz CT molecular complexity index is 1030. The Hall–Kier alpha value is -2.11. The monoisotopic (exact) mass is 516 g/mol. The molecule has 0 bridgehead atoms. The van der Waals surface area contributed by atoms with Gasteiger partial charge in [-0.2, -0.15) is 43.8 Å². The molecule has 2 fully saturated rings. The van der Waals surface area contributed by atoms with E-state index >= 15 is 0 Å². The number of ether oxygens (including phenoxy) is 2. The van der Waals surface area contributed by atoms with Gasteiger partial charge in [0.25, 0.3) is 0 Å². The summed E-state index contributed by atoms with van der Waals surface area (Å²) in [7, 11) is -4.05. The molecule has 186 valence electrons. The minimum atomic E-state index is -6.81. The van der Waals surface area contributed by atoms with Crippen molar-refractivity contribution in [1.29, 1.82) is 0 Å². The van der Waals surface area contributed by atoms with Crippen LogP contribution in [0.2, 0.25) is 0 Å². The van der Waals surface area contributed by atoms with E-state index in [1.54, 1.807) is 0 Å². The van der Waals surface area contributed by atoms with Gasteiger partial charge in [0.1, 0.15) is 0 Å². The molecule has 2 aliphatic heterocycles. The van der Waals surface area contributed by atoms with E-state index < -0.39 is 51.3 Å².